The number of alkyl halides is 3. The van der Waals surface area contributed by atoms with E-state index in [0.717, 1.165) is 75.5 Å². The van der Waals surface area contributed by atoms with Crippen LogP contribution in [-0.2, 0) is 17.4 Å². The number of rotatable bonds is 10. The van der Waals surface area contributed by atoms with E-state index in [9.17, 15) is 18.0 Å². The van der Waals surface area contributed by atoms with E-state index in [1.807, 2.05) is 11.0 Å². The number of fused-ring (bicyclic) bond motifs is 2. The molecule has 3 saturated heterocycles. The lowest BCUT2D eigenvalue weighted by Gasteiger charge is -2.41. The number of hydrogen-bond acceptors (Lipinski definition) is 7. The summed E-state index contributed by atoms with van der Waals surface area (Å²) < 4.78 is 41.5. The van der Waals surface area contributed by atoms with Crippen molar-refractivity contribution < 1.29 is 18.0 Å². The first kappa shape index (κ1) is 32.0. The molecule has 1 aliphatic carbocycles. The number of likely N-dealkylation sites (tertiary alicyclic amines) is 3. The van der Waals surface area contributed by atoms with E-state index in [1.165, 1.54) is 31.5 Å². The first-order valence-corrected chi connectivity index (χ1v) is 17.0. The van der Waals surface area contributed by atoms with E-state index < -0.39 is 11.7 Å². The van der Waals surface area contributed by atoms with Gasteiger partial charge in [0, 0.05) is 43.0 Å². The summed E-state index contributed by atoms with van der Waals surface area (Å²) in [6.07, 6.45) is 6.38. The molecule has 4 fully saturated rings. The number of halogens is 3. The molecule has 6 rings (SSSR count). The summed E-state index contributed by atoms with van der Waals surface area (Å²) in [5.41, 5.74) is 2.36. The highest BCUT2D eigenvalue weighted by atomic mass is 19.4. The van der Waals surface area contributed by atoms with Crippen LogP contribution in [0.15, 0.2) is 24.4 Å². The van der Waals surface area contributed by atoms with E-state index in [2.05, 4.69) is 56.5 Å². The number of nitrogens with zero attached hydrogens (tertiary/aromatic N) is 5. The third-order valence-corrected chi connectivity index (χ3v) is 10.6. The minimum Gasteiger partial charge on any atom is -0.369 e. The molecule has 2 aromatic rings. The molecule has 246 valence electrons. The van der Waals surface area contributed by atoms with Gasteiger partial charge >= 0.3 is 6.18 Å². The van der Waals surface area contributed by atoms with E-state index in [-0.39, 0.29) is 36.2 Å². The van der Waals surface area contributed by atoms with Gasteiger partial charge in [0.15, 0.2) is 0 Å². The molecule has 4 heterocycles. The average Bonchev–Trinajstić information content (AvgIpc) is 3.25. The maximum absolute atomic E-state index is 13.8. The number of nitrogens with one attached hydrogen (secondary N) is 2. The molecule has 2 atom stereocenters. The molecule has 1 saturated carbocycles. The standard InChI is InChI=1S/C34H48F3N7O/c1-3-23-20-25(24-10-18-43(19-11-24)27-12-16-42(2)17-13-27)8-9-30(23)40-33-39-22-29(34(35,36)37)31(41-33)38-14-5-15-44-28-7-4-6-26(21-28)32(44)45/h8-9,20,22,24,26-28H,3-7,10-19,21H2,1-2H3,(H2,38,39,40,41). The van der Waals surface area contributed by atoms with E-state index in [0.29, 0.717) is 24.9 Å². The summed E-state index contributed by atoms with van der Waals surface area (Å²) in [5.74, 6) is 0.742. The monoisotopic (exact) mass is 627 g/mol. The Kier molecular flexibility index (Phi) is 9.85. The quantitative estimate of drug-likeness (QED) is 0.301. The molecule has 0 radical (unpaired) electrons. The molecule has 1 aromatic carbocycles. The second kappa shape index (κ2) is 13.8. The summed E-state index contributed by atoms with van der Waals surface area (Å²) in [6.45, 7) is 7.55. The molecule has 2 bridgehead atoms. The van der Waals surface area contributed by atoms with Gasteiger partial charge in [-0.1, -0.05) is 25.5 Å². The van der Waals surface area contributed by atoms with Crippen LogP contribution < -0.4 is 10.6 Å². The number of carbonyl (C=O) groups excluding carboxylic acids is 1. The van der Waals surface area contributed by atoms with Crippen LogP contribution >= 0.6 is 0 Å². The van der Waals surface area contributed by atoms with Gasteiger partial charge in [-0.05, 0) is 114 Å². The summed E-state index contributed by atoms with van der Waals surface area (Å²) in [5, 5.41) is 6.10. The van der Waals surface area contributed by atoms with Gasteiger partial charge in [0.25, 0.3) is 0 Å². The Balaban J connectivity index is 1.08. The summed E-state index contributed by atoms with van der Waals surface area (Å²) in [6, 6.07) is 7.41. The van der Waals surface area contributed by atoms with Crippen LogP contribution in [0.2, 0.25) is 0 Å². The fraction of sp³-hybridized carbons (Fsp3) is 0.676. The van der Waals surface area contributed by atoms with Gasteiger partial charge in [-0.15, -0.1) is 0 Å². The lowest BCUT2D eigenvalue weighted by Crippen LogP contribution is -2.46. The molecule has 0 spiro atoms. The molecule has 11 heteroatoms. The third kappa shape index (κ3) is 7.40. The molecule has 1 aromatic heterocycles. The van der Waals surface area contributed by atoms with Crippen LogP contribution in [0.5, 0.6) is 0 Å². The van der Waals surface area contributed by atoms with Gasteiger partial charge in [-0.3, -0.25) is 4.79 Å². The van der Waals surface area contributed by atoms with Gasteiger partial charge in [0.1, 0.15) is 11.4 Å². The molecule has 2 unspecified atom stereocenters. The van der Waals surface area contributed by atoms with Crippen molar-refractivity contribution >= 4 is 23.4 Å². The van der Waals surface area contributed by atoms with Crippen molar-refractivity contribution in [2.24, 2.45) is 5.92 Å². The molecule has 45 heavy (non-hydrogen) atoms. The maximum atomic E-state index is 13.8. The fourth-order valence-electron chi connectivity index (χ4n) is 7.98. The predicted octanol–water partition coefficient (Wildman–Crippen LogP) is 6.28. The predicted molar refractivity (Wildman–Crippen MR) is 171 cm³/mol. The number of carbonyl (C=O) groups is 1. The highest BCUT2D eigenvalue weighted by Gasteiger charge is 2.41. The fourth-order valence-corrected chi connectivity index (χ4v) is 7.98. The number of benzene rings is 1. The first-order valence-electron chi connectivity index (χ1n) is 17.0. The van der Waals surface area contributed by atoms with Crippen molar-refractivity contribution in [3.63, 3.8) is 0 Å². The van der Waals surface area contributed by atoms with Crippen LogP contribution in [0.4, 0.5) is 30.6 Å². The van der Waals surface area contributed by atoms with Gasteiger partial charge in [0.05, 0.1) is 0 Å². The van der Waals surface area contributed by atoms with Crippen molar-refractivity contribution in [1.29, 1.82) is 0 Å². The Morgan fingerprint density at radius 1 is 0.978 bits per heavy atom. The number of anilines is 3. The van der Waals surface area contributed by atoms with E-state index >= 15 is 0 Å². The Labute approximate surface area is 265 Å². The number of piperidine rings is 2. The van der Waals surface area contributed by atoms with Crippen LogP contribution in [0.3, 0.4) is 0 Å². The maximum Gasteiger partial charge on any atom is 0.421 e. The Morgan fingerprint density at radius 3 is 2.47 bits per heavy atom. The van der Waals surface area contributed by atoms with Crippen molar-refractivity contribution in [1.82, 2.24) is 24.7 Å². The van der Waals surface area contributed by atoms with Crippen molar-refractivity contribution in [3.8, 4) is 0 Å². The zero-order chi connectivity index (χ0) is 31.6. The highest BCUT2D eigenvalue weighted by molar-refractivity contribution is 5.81. The molecule has 8 nitrogen and oxygen atoms in total. The van der Waals surface area contributed by atoms with Crippen molar-refractivity contribution in [2.75, 3.05) is 56.9 Å². The van der Waals surface area contributed by atoms with Crippen LogP contribution in [0, 0.1) is 5.92 Å². The number of aryl methyl sites for hydroxylation is 1. The molecule has 2 N–H and O–H groups in total. The molecular formula is C34H48F3N7O. The average molecular weight is 628 g/mol. The number of amides is 1. The van der Waals surface area contributed by atoms with Gasteiger partial charge in [-0.25, -0.2) is 4.98 Å². The number of aromatic nitrogens is 2. The third-order valence-electron chi connectivity index (χ3n) is 10.6. The molecule has 4 aliphatic rings. The van der Waals surface area contributed by atoms with Crippen LogP contribution in [0.25, 0.3) is 0 Å². The zero-order valence-electron chi connectivity index (χ0n) is 26.7. The lowest BCUT2D eigenvalue weighted by atomic mass is 9.86. The minimum atomic E-state index is -4.58. The lowest BCUT2D eigenvalue weighted by molar-refractivity contribution is -0.137. The van der Waals surface area contributed by atoms with Crippen LogP contribution in [-0.4, -0.2) is 89.0 Å². The summed E-state index contributed by atoms with van der Waals surface area (Å²) in [7, 11) is 2.21. The van der Waals surface area contributed by atoms with Crippen molar-refractivity contribution in [3.05, 3.63) is 41.1 Å². The Morgan fingerprint density at radius 2 is 1.76 bits per heavy atom. The highest BCUT2D eigenvalue weighted by Crippen LogP contribution is 2.38. The van der Waals surface area contributed by atoms with Crippen LogP contribution in [0.1, 0.15) is 87.3 Å². The second-order valence-corrected chi connectivity index (χ2v) is 13.5. The largest absolute Gasteiger partial charge is 0.421 e. The van der Waals surface area contributed by atoms with E-state index in [1.54, 1.807) is 0 Å². The van der Waals surface area contributed by atoms with E-state index in [4.69, 9.17) is 0 Å². The molecule has 1 amide bonds. The normalized spacial score (nSPS) is 23.9. The SMILES string of the molecule is CCc1cc(C2CCN(C3CCN(C)CC3)CC2)ccc1Nc1ncc(C(F)(F)F)c(NCCCN2C(=O)C3CCCC2C3)n1. The zero-order valence-corrected chi connectivity index (χ0v) is 26.7. The van der Waals surface area contributed by atoms with Gasteiger partial charge < -0.3 is 25.3 Å². The molecular weight excluding hydrogens is 579 g/mol. The van der Waals surface area contributed by atoms with Crippen molar-refractivity contribution in [2.45, 2.75) is 95.3 Å². The smallest absolute Gasteiger partial charge is 0.369 e. The number of hydrogen-bond donors (Lipinski definition) is 2. The minimum absolute atomic E-state index is 0.128. The summed E-state index contributed by atoms with van der Waals surface area (Å²) >= 11 is 0. The van der Waals surface area contributed by atoms with Gasteiger partial charge in [0.2, 0.25) is 11.9 Å². The first-order chi connectivity index (χ1) is 21.7. The summed E-state index contributed by atoms with van der Waals surface area (Å²) in [4.78, 5) is 28.0. The topological polar surface area (TPSA) is 76.6 Å². The molecule has 3 aliphatic heterocycles. The Hall–Kier alpha value is -2.92. The second-order valence-electron chi connectivity index (χ2n) is 13.5. The van der Waals surface area contributed by atoms with Gasteiger partial charge in [-0.2, -0.15) is 18.2 Å². The Bertz CT molecular complexity index is 1320.